The molecule has 0 saturated heterocycles. The van der Waals surface area contributed by atoms with Crippen molar-refractivity contribution in [2.24, 2.45) is 0 Å². The summed E-state index contributed by atoms with van der Waals surface area (Å²) in [7, 11) is 13.0. The minimum atomic E-state index is 0.727. The van der Waals surface area contributed by atoms with Gasteiger partial charge in [-0.3, -0.25) is 0 Å². The summed E-state index contributed by atoms with van der Waals surface area (Å²) in [5.74, 6) is 1.80. The number of hydrogen-bond donors (Lipinski definition) is 0. The van der Waals surface area contributed by atoms with Crippen LogP contribution in [0.25, 0.3) is 0 Å². The van der Waals surface area contributed by atoms with E-state index in [0.29, 0.717) is 0 Å². The molecule has 1 aromatic carbocycles. The first kappa shape index (κ1) is 16.8. The van der Waals surface area contributed by atoms with Crippen LogP contribution in [0, 0.1) is 0 Å². The van der Waals surface area contributed by atoms with Gasteiger partial charge in [0, 0.05) is 0 Å². The minimum absolute atomic E-state index is 0.727. The van der Waals surface area contributed by atoms with Crippen molar-refractivity contribution in [2.75, 3.05) is 68.6 Å². The first-order valence-electron chi connectivity index (χ1n) is 7.12. The first-order valence-corrected chi connectivity index (χ1v) is 7.12. The normalized spacial score (nSPS) is 12.3. The van der Waals surface area contributed by atoms with E-state index in [1.54, 1.807) is 0 Å². The molecule has 0 heterocycles. The Morgan fingerprint density at radius 2 is 0.950 bits per heavy atom. The maximum absolute atomic E-state index is 5.72. The second kappa shape index (κ2) is 6.95. The monoisotopic (exact) mass is 282 g/mol. The van der Waals surface area contributed by atoms with Crippen LogP contribution >= 0.6 is 0 Å². The van der Waals surface area contributed by atoms with Gasteiger partial charge in [-0.2, -0.15) is 0 Å². The van der Waals surface area contributed by atoms with Gasteiger partial charge in [0.15, 0.2) is 0 Å². The van der Waals surface area contributed by atoms with Crippen LogP contribution in [-0.4, -0.2) is 77.6 Å². The fourth-order valence-electron chi connectivity index (χ4n) is 1.51. The van der Waals surface area contributed by atoms with E-state index in [4.69, 9.17) is 9.47 Å². The molecular formula is C16H30N2O2+2. The van der Waals surface area contributed by atoms with Gasteiger partial charge in [0.2, 0.25) is 0 Å². The summed E-state index contributed by atoms with van der Waals surface area (Å²) >= 11 is 0. The van der Waals surface area contributed by atoms with Crippen LogP contribution in [0.15, 0.2) is 24.3 Å². The van der Waals surface area contributed by atoms with Crippen molar-refractivity contribution in [3.05, 3.63) is 24.3 Å². The van der Waals surface area contributed by atoms with Gasteiger partial charge in [-0.1, -0.05) is 0 Å². The number of hydrogen-bond acceptors (Lipinski definition) is 2. The second-order valence-electron chi connectivity index (χ2n) is 7.20. The third kappa shape index (κ3) is 8.02. The Bertz CT molecular complexity index is 349. The maximum Gasteiger partial charge on any atom is 0.137 e. The van der Waals surface area contributed by atoms with E-state index in [9.17, 15) is 0 Å². The molecule has 0 unspecified atom stereocenters. The van der Waals surface area contributed by atoms with Gasteiger partial charge >= 0.3 is 0 Å². The average Bonchev–Trinajstić information content (AvgIpc) is 2.28. The topological polar surface area (TPSA) is 18.5 Å². The molecule has 4 nitrogen and oxygen atoms in total. The van der Waals surface area contributed by atoms with Crippen molar-refractivity contribution < 1.29 is 18.4 Å². The van der Waals surface area contributed by atoms with Crippen molar-refractivity contribution in [1.82, 2.24) is 0 Å². The summed E-state index contributed by atoms with van der Waals surface area (Å²) in [4.78, 5) is 0. The Morgan fingerprint density at radius 1 is 0.650 bits per heavy atom. The molecule has 0 spiro atoms. The number of rotatable bonds is 8. The van der Waals surface area contributed by atoms with Crippen LogP contribution in [0.3, 0.4) is 0 Å². The van der Waals surface area contributed by atoms with E-state index >= 15 is 0 Å². The molecule has 1 rings (SSSR count). The Hall–Kier alpha value is -1.26. The molecule has 0 aliphatic heterocycles. The highest BCUT2D eigenvalue weighted by atomic mass is 16.5. The van der Waals surface area contributed by atoms with Crippen LogP contribution in [0.5, 0.6) is 11.5 Å². The average molecular weight is 282 g/mol. The predicted octanol–water partition coefficient (Wildman–Crippen LogP) is 1.86. The molecule has 0 fully saturated rings. The van der Waals surface area contributed by atoms with E-state index in [0.717, 1.165) is 46.8 Å². The molecular weight excluding hydrogens is 252 g/mol. The lowest BCUT2D eigenvalue weighted by atomic mass is 10.3. The maximum atomic E-state index is 5.72. The van der Waals surface area contributed by atoms with Gasteiger partial charge in [-0.25, -0.2) is 0 Å². The quantitative estimate of drug-likeness (QED) is 0.678. The summed E-state index contributed by atoms with van der Waals surface area (Å²) < 4.78 is 13.3. The first-order chi connectivity index (χ1) is 9.16. The number of likely N-dealkylation sites (N-methyl/N-ethyl adjacent to an activating group) is 2. The van der Waals surface area contributed by atoms with E-state index in [2.05, 4.69) is 42.3 Å². The Kier molecular flexibility index (Phi) is 5.84. The molecule has 0 atom stereocenters. The second-order valence-corrected chi connectivity index (χ2v) is 7.20. The molecule has 0 radical (unpaired) electrons. The van der Waals surface area contributed by atoms with Crippen LogP contribution in [-0.2, 0) is 0 Å². The minimum Gasteiger partial charge on any atom is -0.488 e. The van der Waals surface area contributed by atoms with E-state index < -0.39 is 0 Å². The van der Waals surface area contributed by atoms with Gasteiger partial charge in [0.05, 0.1) is 42.3 Å². The Labute approximate surface area is 123 Å². The summed E-state index contributed by atoms with van der Waals surface area (Å²) in [5, 5.41) is 0. The summed E-state index contributed by atoms with van der Waals surface area (Å²) in [6, 6.07) is 7.88. The van der Waals surface area contributed by atoms with Crippen molar-refractivity contribution in [1.29, 1.82) is 0 Å². The lowest BCUT2D eigenvalue weighted by molar-refractivity contribution is -0.870. The molecule has 1 aromatic rings. The fraction of sp³-hybridized carbons (Fsp3) is 0.625. The van der Waals surface area contributed by atoms with Crippen LogP contribution < -0.4 is 9.47 Å². The molecule has 114 valence electrons. The zero-order chi connectivity index (χ0) is 15.2. The SMILES string of the molecule is C[N+](C)(C)CCOc1ccc(OCC[N+](C)(C)C)cc1. The smallest absolute Gasteiger partial charge is 0.137 e. The van der Waals surface area contributed by atoms with Crippen LogP contribution in [0.1, 0.15) is 0 Å². The van der Waals surface area contributed by atoms with Gasteiger partial charge in [-0.05, 0) is 24.3 Å². The van der Waals surface area contributed by atoms with Gasteiger partial charge in [0.25, 0.3) is 0 Å². The lowest BCUT2D eigenvalue weighted by Crippen LogP contribution is -2.38. The zero-order valence-electron chi connectivity index (χ0n) is 13.8. The van der Waals surface area contributed by atoms with E-state index in [1.165, 1.54) is 0 Å². The number of quaternary nitrogens is 2. The Morgan fingerprint density at radius 3 is 1.20 bits per heavy atom. The van der Waals surface area contributed by atoms with E-state index in [-0.39, 0.29) is 0 Å². The fourth-order valence-corrected chi connectivity index (χ4v) is 1.51. The molecule has 0 bridgehead atoms. The van der Waals surface area contributed by atoms with Crippen molar-refractivity contribution in [3.8, 4) is 11.5 Å². The van der Waals surface area contributed by atoms with Gasteiger partial charge in [0.1, 0.15) is 37.8 Å². The Balaban J connectivity index is 2.33. The third-order valence-corrected chi connectivity index (χ3v) is 2.89. The lowest BCUT2D eigenvalue weighted by Gasteiger charge is -2.24. The summed E-state index contributed by atoms with van der Waals surface area (Å²) in [6.07, 6.45) is 0. The molecule has 4 heteroatoms. The molecule has 0 aliphatic rings. The van der Waals surface area contributed by atoms with Crippen LogP contribution in [0.4, 0.5) is 0 Å². The molecule has 0 aromatic heterocycles. The van der Waals surface area contributed by atoms with Crippen LogP contribution in [0.2, 0.25) is 0 Å². The van der Waals surface area contributed by atoms with Crippen molar-refractivity contribution in [3.63, 3.8) is 0 Å². The highest BCUT2D eigenvalue weighted by molar-refractivity contribution is 5.31. The zero-order valence-corrected chi connectivity index (χ0v) is 13.8. The number of ether oxygens (including phenoxy) is 2. The largest absolute Gasteiger partial charge is 0.488 e. The van der Waals surface area contributed by atoms with Crippen molar-refractivity contribution >= 4 is 0 Å². The standard InChI is InChI=1S/C16H30N2O2/c1-17(2,3)11-13-19-15-7-9-16(10-8-15)20-14-12-18(4,5)6/h7-10H,11-14H2,1-6H3/q+2. The van der Waals surface area contributed by atoms with Gasteiger partial charge in [-0.15, -0.1) is 0 Å². The summed E-state index contributed by atoms with van der Waals surface area (Å²) in [5.41, 5.74) is 0. The summed E-state index contributed by atoms with van der Waals surface area (Å²) in [6.45, 7) is 3.43. The predicted molar refractivity (Wildman–Crippen MR) is 83.2 cm³/mol. The number of nitrogens with zero attached hydrogens (tertiary/aromatic N) is 2. The molecule has 0 saturated carbocycles. The number of benzene rings is 1. The van der Waals surface area contributed by atoms with E-state index in [1.807, 2.05) is 24.3 Å². The third-order valence-electron chi connectivity index (χ3n) is 2.89. The highest BCUT2D eigenvalue weighted by Gasteiger charge is 2.08. The molecule has 0 aliphatic carbocycles. The molecule has 0 N–H and O–H groups in total. The van der Waals surface area contributed by atoms with Crippen molar-refractivity contribution in [2.45, 2.75) is 0 Å². The van der Waals surface area contributed by atoms with Gasteiger partial charge < -0.3 is 18.4 Å². The molecule has 0 amide bonds. The molecule has 20 heavy (non-hydrogen) atoms. The highest BCUT2D eigenvalue weighted by Crippen LogP contribution is 2.17.